The van der Waals surface area contributed by atoms with E-state index in [1.807, 2.05) is 67.6 Å². The predicted molar refractivity (Wildman–Crippen MR) is 84.5 cm³/mol. The van der Waals surface area contributed by atoms with Crippen LogP contribution in [0.1, 0.15) is 25.0 Å². The van der Waals surface area contributed by atoms with Crippen LogP contribution in [0.5, 0.6) is 0 Å². The Morgan fingerprint density at radius 3 is 2.40 bits per heavy atom. The van der Waals surface area contributed by atoms with E-state index >= 15 is 0 Å². The van der Waals surface area contributed by atoms with Gasteiger partial charge in [-0.05, 0) is 36.6 Å². The van der Waals surface area contributed by atoms with Gasteiger partial charge in [0.15, 0.2) is 0 Å². The summed E-state index contributed by atoms with van der Waals surface area (Å²) in [5.41, 5.74) is 3.76. The fraction of sp³-hybridized carbons (Fsp3) is 0.167. The lowest BCUT2D eigenvalue weighted by Gasteiger charge is -2.09. The minimum atomic E-state index is -0.0604. The van der Waals surface area contributed by atoms with Crippen LogP contribution in [0, 0.1) is 0 Å². The highest BCUT2D eigenvalue weighted by molar-refractivity contribution is 6.06. The van der Waals surface area contributed by atoms with Gasteiger partial charge in [-0.3, -0.25) is 4.79 Å². The normalized spacial score (nSPS) is 11.2. The third-order valence-corrected chi connectivity index (χ3v) is 3.19. The van der Waals surface area contributed by atoms with Crippen LogP contribution in [-0.2, 0) is 11.2 Å². The zero-order chi connectivity index (χ0) is 14.4. The number of anilines is 1. The van der Waals surface area contributed by atoms with Crippen LogP contribution in [0.15, 0.2) is 60.2 Å². The summed E-state index contributed by atoms with van der Waals surface area (Å²) in [6, 6.07) is 17.7. The van der Waals surface area contributed by atoms with Gasteiger partial charge in [-0.25, -0.2) is 0 Å². The molecule has 1 amide bonds. The van der Waals surface area contributed by atoms with Crippen molar-refractivity contribution < 1.29 is 4.79 Å². The van der Waals surface area contributed by atoms with Gasteiger partial charge in [-0.2, -0.15) is 0 Å². The summed E-state index contributed by atoms with van der Waals surface area (Å²) in [5, 5.41) is 2.97. The van der Waals surface area contributed by atoms with E-state index in [0.29, 0.717) is 5.57 Å². The van der Waals surface area contributed by atoms with Gasteiger partial charge >= 0.3 is 0 Å². The molecule has 2 rings (SSSR count). The fourth-order valence-corrected chi connectivity index (χ4v) is 2.04. The molecule has 0 aromatic heterocycles. The summed E-state index contributed by atoms with van der Waals surface area (Å²) in [5.74, 6) is -0.0604. The maximum absolute atomic E-state index is 12.2. The Bertz CT molecular complexity index is 614. The number of hydrogen-bond donors (Lipinski definition) is 1. The molecule has 0 unspecified atom stereocenters. The van der Waals surface area contributed by atoms with E-state index in [2.05, 4.69) is 12.2 Å². The highest BCUT2D eigenvalue weighted by Gasteiger charge is 2.07. The quantitative estimate of drug-likeness (QED) is 0.821. The predicted octanol–water partition coefficient (Wildman–Crippen LogP) is 4.29. The molecule has 0 bridgehead atoms. The summed E-state index contributed by atoms with van der Waals surface area (Å²) in [4.78, 5) is 12.2. The molecule has 0 saturated heterocycles. The van der Waals surface area contributed by atoms with Crippen molar-refractivity contribution in [2.75, 3.05) is 5.32 Å². The van der Waals surface area contributed by atoms with Gasteiger partial charge in [0, 0.05) is 11.3 Å². The molecule has 2 heteroatoms. The maximum Gasteiger partial charge on any atom is 0.251 e. The molecule has 0 fully saturated rings. The van der Waals surface area contributed by atoms with Gasteiger partial charge in [-0.1, -0.05) is 55.5 Å². The van der Waals surface area contributed by atoms with E-state index in [9.17, 15) is 4.79 Å². The van der Waals surface area contributed by atoms with Crippen molar-refractivity contribution in [2.45, 2.75) is 20.3 Å². The standard InChI is InChI=1S/C18H19NO/c1-3-16-11-7-8-12-17(16)19-18(20)14(2)13-15-9-5-4-6-10-15/h4-13H,3H2,1-2H3,(H,19,20). The van der Waals surface area contributed by atoms with Crippen LogP contribution in [-0.4, -0.2) is 5.91 Å². The third-order valence-electron chi connectivity index (χ3n) is 3.19. The van der Waals surface area contributed by atoms with Gasteiger partial charge in [0.1, 0.15) is 0 Å². The number of carbonyl (C=O) groups is 1. The van der Waals surface area contributed by atoms with Crippen LogP contribution in [0.25, 0.3) is 6.08 Å². The molecule has 0 heterocycles. The van der Waals surface area contributed by atoms with Gasteiger partial charge in [0.05, 0.1) is 0 Å². The van der Waals surface area contributed by atoms with Crippen LogP contribution in [0.2, 0.25) is 0 Å². The second-order valence-electron chi connectivity index (χ2n) is 4.70. The highest BCUT2D eigenvalue weighted by Crippen LogP contribution is 2.17. The Hall–Kier alpha value is -2.35. The van der Waals surface area contributed by atoms with Crippen LogP contribution >= 0.6 is 0 Å². The van der Waals surface area contributed by atoms with Crippen molar-refractivity contribution >= 4 is 17.7 Å². The maximum atomic E-state index is 12.2. The van der Waals surface area contributed by atoms with Gasteiger partial charge in [0.25, 0.3) is 5.91 Å². The Kier molecular flexibility index (Phi) is 4.72. The average molecular weight is 265 g/mol. The lowest BCUT2D eigenvalue weighted by atomic mass is 10.1. The van der Waals surface area contributed by atoms with E-state index in [-0.39, 0.29) is 5.91 Å². The van der Waals surface area contributed by atoms with E-state index in [1.165, 1.54) is 0 Å². The topological polar surface area (TPSA) is 29.1 Å². The van der Waals surface area contributed by atoms with E-state index in [4.69, 9.17) is 0 Å². The zero-order valence-corrected chi connectivity index (χ0v) is 11.9. The average Bonchev–Trinajstić information content (AvgIpc) is 2.48. The van der Waals surface area contributed by atoms with Crippen LogP contribution in [0.3, 0.4) is 0 Å². The number of benzene rings is 2. The number of para-hydroxylation sites is 1. The molecule has 0 atom stereocenters. The Morgan fingerprint density at radius 1 is 1.05 bits per heavy atom. The molecular weight excluding hydrogens is 246 g/mol. The first-order valence-corrected chi connectivity index (χ1v) is 6.83. The lowest BCUT2D eigenvalue weighted by Crippen LogP contribution is -2.13. The van der Waals surface area contributed by atoms with Crippen molar-refractivity contribution in [2.24, 2.45) is 0 Å². The summed E-state index contributed by atoms with van der Waals surface area (Å²) < 4.78 is 0. The van der Waals surface area contributed by atoms with Crippen LogP contribution < -0.4 is 5.32 Å². The molecule has 0 saturated carbocycles. The molecule has 2 aromatic carbocycles. The molecule has 20 heavy (non-hydrogen) atoms. The first kappa shape index (κ1) is 14.1. The van der Waals surface area contributed by atoms with Crippen molar-refractivity contribution in [3.63, 3.8) is 0 Å². The van der Waals surface area contributed by atoms with E-state index < -0.39 is 0 Å². The third kappa shape index (κ3) is 3.58. The Labute approximate surface area is 120 Å². The van der Waals surface area contributed by atoms with Gasteiger partial charge in [0.2, 0.25) is 0 Å². The molecule has 0 spiro atoms. The minimum absolute atomic E-state index is 0.0604. The number of rotatable bonds is 4. The monoisotopic (exact) mass is 265 g/mol. The SMILES string of the molecule is CCc1ccccc1NC(=O)C(C)=Cc1ccccc1. The molecule has 0 aliphatic carbocycles. The van der Waals surface area contributed by atoms with Crippen molar-refractivity contribution in [1.82, 2.24) is 0 Å². The second-order valence-corrected chi connectivity index (χ2v) is 4.70. The molecule has 102 valence electrons. The largest absolute Gasteiger partial charge is 0.322 e. The first-order chi connectivity index (χ1) is 9.70. The van der Waals surface area contributed by atoms with E-state index in [0.717, 1.165) is 23.2 Å². The lowest BCUT2D eigenvalue weighted by molar-refractivity contribution is -0.112. The Balaban J connectivity index is 2.14. The summed E-state index contributed by atoms with van der Waals surface area (Å²) >= 11 is 0. The molecule has 0 aliphatic rings. The molecular formula is C18H19NO. The number of nitrogens with one attached hydrogen (secondary N) is 1. The van der Waals surface area contributed by atoms with Crippen molar-refractivity contribution in [3.05, 3.63) is 71.3 Å². The number of amides is 1. The summed E-state index contributed by atoms with van der Waals surface area (Å²) in [7, 11) is 0. The Morgan fingerprint density at radius 2 is 1.70 bits per heavy atom. The molecule has 1 N–H and O–H groups in total. The first-order valence-electron chi connectivity index (χ1n) is 6.83. The second kappa shape index (κ2) is 6.71. The van der Waals surface area contributed by atoms with Crippen LogP contribution in [0.4, 0.5) is 5.69 Å². The number of carbonyl (C=O) groups excluding carboxylic acids is 1. The number of hydrogen-bond acceptors (Lipinski definition) is 1. The van der Waals surface area contributed by atoms with E-state index in [1.54, 1.807) is 0 Å². The molecule has 2 aromatic rings. The smallest absolute Gasteiger partial charge is 0.251 e. The summed E-state index contributed by atoms with van der Waals surface area (Å²) in [6.07, 6.45) is 2.79. The molecule has 0 radical (unpaired) electrons. The zero-order valence-electron chi connectivity index (χ0n) is 11.9. The molecule has 0 aliphatic heterocycles. The van der Waals surface area contributed by atoms with Crippen molar-refractivity contribution in [1.29, 1.82) is 0 Å². The fourth-order valence-electron chi connectivity index (χ4n) is 2.04. The number of aryl methyl sites for hydroxylation is 1. The van der Waals surface area contributed by atoms with Crippen molar-refractivity contribution in [3.8, 4) is 0 Å². The minimum Gasteiger partial charge on any atom is -0.322 e. The van der Waals surface area contributed by atoms with Gasteiger partial charge in [-0.15, -0.1) is 0 Å². The molecule has 2 nitrogen and oxygen atoms in total. The highest BCUT2D eigenvalue weighted by atomic mass is 16.1. The van der Waals surface area contributed by atoms with Gasteiger partial charge < -0.3 is 5.32 Å². The summed E-state index contributed by atoms with van der Waals surface area (Å²) in [6.45, 7) is 3.91.